The van der Waals surface area contributed by atoms with Crippen LogP contribution in [0.4, 0.5) is 24.3 Å². The predicted octanol–water partition coefficient (Wildman–Crippen LogP) is 6.52. The van der Waals surface area contributed by atoms with E-state index in [0.717, 1.165) is 38.0 Å². The van der Waals surface area contributed by atoms with Gasteiger partial charge in [-0.15, -0.1) is 13.2 Å². The second-order valence-electron chi connectivity index (χ2n) is 8.43. The van der Waals surface area contributed by atoms with Gasteiger partial charge in [-0.1, -0.05) is 25.2 Å². The monoisotopic (exact) mass is 519 g/mol. The predicted molar refractivity (Wildman–Crippen MR) is 136 cm³/mol. The van der Waals surface area contributed by atoms with Crippen molar-refractivity contribution in [2.75, 3.05) is 25.0 Å². The minimum atomic E-state index is -4.75. The molecule has 2 heterocycles. The largest absolute Gasteiger partial charge is 0.573 e. The summed E-state index contributed by atoms with van der Waals surface area (Å²) in [6.45, 7) is 7.31. The first-order valence-electron chi connectivity index (χ1n) is 11.8. The highest BCUT2D eigenvalue weighted by atomic mass is 32.1. The molecule has 4 aromatic rings. The van der Waals surface area contributed by atoms with Crippen molar-refractivity contribution in [3.05, 3.63) is 42.0 Å². The van der Waals surface area contributed by atoms with Crippen LogP contribution in [0.3, 0.4) is 0 Å². The molecule has 2 aromatic heterocycles. The van der Waals surface area contributed by atoms with Gasteiger partial charge in [0, 0.05) is 25.1 Å². The van der Waals surface area contributed by atoms with Gasteiger partial charge in [0.25, 0.3) is 0 Å². The first-order valence-corrected chi connectivity index (χ1v) is 12.6. The zero-order valence-electron chi connectivity index (χ0n) is 20.4. The van der Waals surface area contributed by atoms with E-state index >= 15 is 0 Å². The van der Waals surface area contributed by atoms with Crippen LogP contribution in [0.25, 0.3) is 21.3 Å². The number of halogens is 3. The average Bonchev–Trinajstić information content (AvgIpc) is 3.37. The number of alkyl halides is 3. The Hall–Kier alpha value is -3.18. The molecule has 0 amide bonds. The average molecular weight is 520 g/mol. The molecule has 0 saturated carbocycles. The van der Waals surface area contributed by atoms with E-state index in [1.54, 1.807) is 6.07 Å². The van der Waals surface area contributed by atoms with Crippen LogP contribution in [-0.4, -0.2) is 51.2 Å². The first-order chi connectivity index (χ1) is 17.2. The number of ketones is 1. The molecule has 0 aliphatic heterocycles. The maximum atomic E-state index is 12.7. The van der Waals surface area contributed by atoms with Crippen LogP contribution in [-0.2, 0) is 7.05 Å². The van der Waals surface area contributed by atoms with Crippen molar-refractivity contribution in [2.24, 2.45) is 7.05 Å². The van der Waals surface area contributed by atoms with Crippen molar-refractivity contribution >= 4 is 49.4 Å². The third kappa shape index (κ3) is 6.14. The third-order valence-electron chi connectivity index (χ3n) is 6.04. The SMILES string of the molecule is CCN(CC)CCCCC(=O)c1ccc2c(c1)nc(Nc1nc3ccc(OC(F)(F)F)cc3s1)n2C. The standard InChI is InChI=1S/C25H28F3N5O2S/c1-4-33(5-2)13-7-6-8-21(34)16-9-12-20-19(14-16)29-23(32(20)3)31-24-30-18-11-10-17(15-22(18)36-24)35-25(26,27)28/h9-12,14-15H,4-8,13H2,1-3H3,(H,29,30,31). The number of fused-ring (bicyclic) bond motifs is 2. The first kappa shape index (κ1) is 25.9. The zero-order valence-corrected chi connectivity index (χ0v) is 21.2. The molecule has 7 nitrogen and oxygen atoms in total. The van der Waals surface area contributed by atoms with E-state index in [0.29, 0.717) is 38.8 Å². The quantitative estimate of drug-likeness (QED) is 0.180. The van der Waals surface area contributed by atoms with Crippen molar-refractivity contribution < 1.29 is 22.7 Å². The molecule has 4 rings (SSSR count). The number of benzene rings is 2. The van der Waals surface area contributed by atoms with Crippen LogP contribution < -0.4 is 10.1 Å². The van der Waals surface area contributed by atoms with Gasteiger partial charge in [-0.2, -0.15) is 0 Å². The van der Waals surface area contributed by atoms with Gasteiger partial charge in [0.2, 0.25) is 5.95 Å². The minimum Gasteiger partial charge on any atom is -0.406 e. The van der Waals surface area contributed by atoms with Gasteiger partial charge < -0.3 is 19.5 Å². The number of hydrogen-bond donors (Lipinski definition) is 1. The van der Waals surface area contributed by atoms with Crippen LogP contribution in [0.5, 0.6) is 5.75 Å². The van der Waals surface area contributed by atoms with Crippen LogP contribution in [0.2, 0.25) is 0 Å². The normalized spacial score (nSPS) is 12.1. The van der Waals surface area contributed by atoms with E-state index in [9.17, 15) is 18.0 Å². The van der Waals surface area contributed by atoms with Crippen LogP contribution >= 0.6 is 11.3 Å². The van der Waals surface area contributed by atoms with E-state index in [1.807, 2.05) is 23.7 Å². The number of nitrogens with zero attached hydrogens (tertiary/aromatic N) is 4. The van der Waals surface area contributed by atoms with Crippen molar-refractivity contribution in [1.29, 1.82) is 0 Å². The highest BCUT2D eigenvalue weighted by Crippen LogP contribution is 2.33. The molecule has 36 heavy (non-hydrogen) atoms. The van der Waals surface area contributed by atoms with E-state index < -0.39 is 6.36 Å². The molecular formula is C25H28F3N5O2S. The topological polar surface area (TPSA) is 72.3 Å². The number of unbranched alkanes of at least 4 members (excludes halogenated alkanes) is 1. The molecule has 0 saturated heterocycles. The second kappa shape index (κ2) is 10.8. The summed E-state index contributed by atoms with van der Waals surface area (Å²) in [6.07, 6.45) is -2.43. The molecule has 0 aliphatic carbocycles. The molecule has 0 unspecified atom stereocenters. The Morgan fingerprint density at radius 3 is 2.58 bits per heavy atom. The van der Waals surface area contributed by atoms with Gasteiger partial charge in [0.1, 0.15) is 5.75 Å². The molecule has 0 aliphatic rings. The molecule has 0 atom stereocenters. The molecule has 0 bridgehead atoms. The fourth-order valence-corrected chi connectivity index (χ4v) is 4.93. The van der Waals surface area contributed by atoms with Crippen molar-refractivity contribution in [1.82, 2.24) is 19.4 Å². The van der Waals surface area contributed by atoms with Crippen molar-refractivity contribution in [3.63, 3.8) is 0 Å². The Balaban J connectivity index is 1.45. The van der Waals surface area contributed by atoms with Crippen molar-refractivity contribution in [3.8, 4) is 5.75 Å². The van der Waals surface area contributed by atoms with E-state index in [1.165, 1.54) is 29.5 Å². The van der Waals surface area contributed by atoms with Gasteiger partial charge in [0.05, 0.1) is 21.3 Å². The lowest BCUT2D eigenvalue weighted by Gasteiger charge is -2.17. The number of nitrogens with one attached hydrogen (secondary N) is 1. The molecule has 11 heteroatoms. The van der Waals surface area contributed by atoms with Gasteiger partial charge in [-0.05, 0) is 62.8 Å². The molecule has 0 radical (unpaired) electrons. The summed E-state index contributed by atoms with van der Waals surface area (Å²) in [5, 5.41) is 3.62. The summed E-state index contributed by atoms with van der Waals surface area (Å²) in [7, 11) is 1.84. The Kier molecular flexibility index (Phi) is 7.79. The van der Waals surface area contributed by atoms with E-state index in [-0.39, 0.29) is 11.5 Å². The number of imidazole rings is 1. The Labute approximate surface area is 210 Å². The van der Waals surface area contributed by atoms with Crippen LogP contribution in [0.1, 0.15) is 43.5 Å². The lowest BCUT2D eigenvalue weighted by atomic mass is 10.0. The maximum absolute atomic E-state index is 12.7. The Bertz CT molecular complexity index is 1360. The summed E-state index contributed by atoms with van der Waals surface area (Å²) >= 11 is 1.19. The number of carbonyl (C=O) groups is 1. The maximum Gasteiger partial charge on any atom is 0.573 e. The summed E-state index contributed by atoms with van der Waals surface area (Å²) < 4.78 is 43.9. The smallest absolute Gasteiger partial charge is 0.406 e. The van der Waals surface area contributed by atoms with Gasteiger partial charge in [-0.25, -0.2) is 9.97 Å². The molecular weight excluding hydrogens is 491 g/mol. The fraction of sp³-hybridized carbons (Fsp3) is 0.400. The second-order valence-corrected chi connectivity index (χ2v) is 9.46. The summed E-state index contributed by atoms with van der Waals surface area (Å²) in [5.74, 6) is 0.317. The molecule has 2 aromatic carbocycles. The number of aryl methyl sites for hydroxylation is 1. The number of hydrogen-bond acceptors (Lipinski definition) is 7. The number of Topliss-reactive ketones (excluding diaryl/α,β-unsaturated/α-hetero) is 1. The summed E-state index contributed by atoms with van der Waals surface area (Å²) in [5.41, 5.74) is 2.70. The number of carbonyl (C=O) groups excluding carboxylic acids is 1. The van der Waals surface area contributed by atoms with Crippen LogP contribution in [0, 0.1) is 0 Å². The van der Waals surface area contributed by atoms with E-state index in [2.05, 4.69) is 38.8 Å². The highest BCUT2D eigenvalue weighted by molar-refractivity contribution is 7.22. The number of thiazole rings is 1. The zero-order chi connectivity index (χ0) is 25.9. The molecule has 0 spiro atoms. The minimum absolute atomic E-state index is 0.0969. The number of aromatic nitrogens is 3. The summed E-state index contributed by atoms with van der Waals surface area (Å²) in [6, 6.07) is 9.51. The fourth-order valence-electron chi connectivity index (χ4n) is 4.04. The number of rotatable bonds is 11. The summed E-state index contributed by atoms with van der Waals surface area (Å²) in [4.78, 5) is 24.1. The van der Waals surface area contributed by atoms with Gasteiger partial charge in [-0.3, -0.25) is 4.79 Å². The van der Waals surface area contributed by atoms with Gasteiger partial charge >= 0.3 is 6.36 Å². The number of ether oxygens (including phenoxy) is 1. The molecule has 1 N–H and O–H groups in total. The van der Waals surface area contributed by atoms with Gasteiger partial charge in [0.15, 0.2) is 10.9 Å². The lowest BCUT2D eigenvalue weighted by molar-refractivity contribution is -0.274. The highest BCUT2D eigenvalue weighted by Gasteiger charge is 2.31. The third-order valence-corrected chi connectivity index (χ3v) is 6.97. The molecule has 192 valence electrons. The Morgan fingerprint density at radius 1 is 1.08 bits per heavy atom. The number of anilines is 2. The molecule has 0 fully saturated rings. The van der Waals surface area contributed by atoms with Crippen LogP contribution in [0.15, 0.2) is 36.4 Å². The van der Waals surface area contributed by atoms with E-state index in [4.69, 9.17) is 0 Å². The lowest BCUT2D eigenvalue weighted by Crippen LogP contribution is -2.24. The van der Waals surface area contributed by atoms with Crippen molar-refractivity contribution in [2.45, 2.75) is 39.5 Å². The Morgan fingerprint density at radius 2 is 1.86 bits per heavy atom.